The molecule has 0 saturated carbocycles. The van der Waals surface area contributed by atoms with E-state index in [1.165, 1.54) is 47.5 Å². The van der Waals surface area contributed by atoms with Crippen LogP contribution in [0.4, 0.5) is 0 Å². The zero-order valence-corrected chi connectivity index (χ0v) is 11.7. The fourth-order valence-corrected chi connectivity index (χ4v) is 4.29. The molecule has 1 saturated heterocycles. The standard InChI is InChI=1S/C16H18N2S/c1-2-5-12-9-13(8-11(12)4-1)16-18-15(10-19-16)14-6-3-7-17-14/h1-2,4-5,10,13-14,17H,3,6-9H2/t14-/m0/s1. The lowest BCUT2D eigenvalue weighted by Crippen LogP contribution is -2.13. The fraction of sp³-hybridized carbons (Fsp3) is 0.438. The van der Waals surface area contributed by atoms with Crippen LogP contribution in [0, 0.1) is 0 Å². The van der Waals surface area contributed by atoms with Gasteiger partial charge in [0.05, 0.1) is 16.7 Å². The van der Waals surface area contributed by atoms with Crippen LogP contribution in [0.2, 0.25) is 0 Å². The van der Waals surface area contributed by atoms with Gasteiger partial charge in [-0.2, -0.15) is 0 Å². The summed E-state index contributed by atoms with van der Waals surface area (Å²) in [6, 6.07) is 9.34. The number of hydrogen-bond acceptors (Lipinski definition) is 3. The molecule has 2 nitrogen and oxygen atoms in total. The molecule has 4 rings (SSSR count). The molecule has 1 aliphatic heterocycles. The van der Waals surface area contributed by atoms with Gasteiger partial charge < -0.3 is 5.32 Å². The fourth-order valence-electron chi connectivity index (χ4n) is 3.32. The van der Waals surface area contributed by atoms with E-state index in [1.54, 1.807) is 0 Å². The van der Waals surface area contributed by atoms with Crippen molar-refractivity contribution in [1.29, 1.82) is 0 Å². The number of nitrogens with zero attached hydrogens (tertiary/aromatic N) is 1. The number of fused-ring (bicyclic) bond motifs is 1. The second-order valence-electron chi connectivity index (χ2n) is 5.63. The van der Waals surface area contributed by atoms with Crippen LogP contribution < -0.4 is 5.32 Å². The molecule has 98 valence electrons. The van der Waals surface area contributed by atoms with Gasteiger partial charge in [-0.3, -0.25) is 0 Å². The van der Waals surface area contributed by atoms with Crippen LogP contribution >= 0.6 is 11.3 Å². The van der Waals surface area contributed by atoms with Crippen molar-refractivity contribution in [2.24, 2.45) is 0 Å². The Kier molecular flexibility index (Phi) is 2.89. The average Bonchev–Trinajstić information content (AvgIpc) is 3.17. The highest BCUT2D eigenvalue weighted by Crippen LogP contribution is 2.36. The molecule has 0 spiro atoms. The van der Waals surface area contributed by atoms with Crippen LogP contribution in [0.5, 0.6) is 0 Å². The smallest absolute Gasteiger partial charge is 0.0966 e. The third-order valence-corrected chi connectivity index (χ3v) is 5.38. The highest BCUT2D eigenvalue weighted by Gasteiger charge is 2.26. The summed E-state index contributed by atoms with van der Waals surface area (Å²) in [5.41, 5.74) is 4.31. The minimum absolute atomic E-state index is 0.508. The van der Waals surface area contributed by atoms with E-state index in [0.29, 0.717) is 12.0 Å². The van der Waals surface area contributed by atoms with Gasteiger partial charge in [0.2, 0.25) is 0 Å². The molecule has 1 aromatic heterocycles. The molecular weight excluding hydrogens is 252 g/mol. The maximum atomic E-state index is 4.91. The van der Waals surface area contributed by atoms with Crippen molar-refractivity contribution in [3.63, 3.8) is 0 Å². The van der Waals surface area contributed by atoms with Crippen molar-refractivity contribution in [2.75, 3.05) is 6.54 Å². The summed E-state index contributed by atoms with van der Waals surface area (Å²) in [5, 5.41) is 7.14. The Morgan fingerprint density at radius 1 is 1.16 bits per heavy atom. The van der Waals surface area contributed by atoms with Crippen molar-refractivity contribution < 1.29 is 0 Å². The minimum atomic E-state index is 0.508. The highest BCUT2D eigenvalue weighted by molar-refractivity contribution is 7.09. The Balaban J connectivity index is 1.55. The summed E-state index contributed by atoms with van der Waals surface area (Å²) in [5.74, 6) is 0.609. The summed E-state index contributed by atoms with van der Waals surface area (Å²) in [6.45, 7) is 1.15. The molecule has 0 radical (unpaired) electrons. The second kappa shape index (κ2) is 4.73. The van der Waals surface area contributed by atoms with Gasteiger partial charge in [0.1, 0.15) is 0 Å². The molecule has 2 heterocycles. The van der Waals surface area contributed by atoms with Gasteiger partial charge in [-0.25, -0.2) is 4.98 Å². The lowest BCUT2D eigenvalue weighted by atomic mass is 10.1. The molecule has 1 fully saturated rings. The van der Waals surface area contributed by atoms with Gasteiger partial charge in [-0.15, -0.1) is 11.3 Å². The quantitative estimate of drug-likeness (QED) is 0.904. The molecule has 0 unspecified atom stereocenters. The van der Waals surface area contributed by atoms with Crippen LogP contribution in [0.3, 0.4) is 0 Å². The first-order valence-electron chi connectivity index (χ1n) is 7.15. The van der Waals surface area contributed by atoms with E-state index in [-0.39, 0.29) is 0 Å². The van der Waals surface area contributed by atoms with Crippen LogP contribution in [-0.2, 0) is 12.8 Å². The molecule has 1 atom stereocenters. The Morgan fingerprint density at radius 2 is 1.95 bits per heavy atom. The first-order chi connectivity index (χ1) is 9.40. The zero-order chi connectivity index (χ0) is 12.7. The van der Waals surface area contributed by atoms with Gasteiger partial charge in [-0.1, -0.05) is 24.3 Å². The highest BCUT2D eigenvalue weighted by atomic mass is 32.1. The summed E-state index contributed by atoms with van der Waals surface area (Å²) in [7, 11) is 0. The minimum Gasteiger partial charge on any atom is -0.309 e. The SMILES string of the molecule is c1ccc2c(c1)CC(c1nc([C@@H]3CCCN3)cs1)C2. The maximum Gasteiger partial charge on any atom is 0.0966 e. The monoisotopic (exact) mass is 270 g/mol. The average molecular weight is 270 g/mol. The van der Waals surface area contributed by atoms with Crippen molar-refractivity contribution >= 4 is 11.3 Å². The summed E-state index contributed by atoms with van der Waals surface area (Å²) >= 11 is 1.85. The van der Waals surface area contributed by atoms with Crippen LogP contribution in [0.15, 0.2) is 29.6 Å². The third kappa shape index (κ3) is 2.11. The Bertz CT molecular complexity index is 559. The topological polar surface area (TPSA) is 24.9 Å². The lowest BCUT2D eigenvalue weighted by molar-refractivity contribution is 0.623. The van der Waals surface area contributed by atoms with Gasteiger partial charge in [0.25, 0.3) is 0 Å². The van der Waals surface area contributed by atoms with Crippen LogP contribution in [-0.4, -0.2) is 11.5 Å². The summed E-state index contributed by atoms with van der Waals surface area (Å²) in [4.78, 5) is 4.91. The summed E-state index contributed by atoms with van der Waals surface area (Å²) in [6.07, 6.45) is 4.86. The van der Waals surface area contributed by atoms with Crippen molar-refractivity contribution in [3.8, 4) is 0 Å². The molecule has 0 amide bonds. The first kappa shape index (κ1) is 11.6. The molecule has 1 N–H and O–H groups in total. The molecule has 1 aliphatic carbocycles. The van der Waals surface area contributed by atoms with Gasteiger partial charge in [0, 0.05) is 11.3 Å². The van der Waals surface area contributed by atoms with Crippen LogP contribution in [0.1, 0.15) is 46.6 Å². The van der Waals surface area contributed by atoms with Crippen molar-refractivity contribution in [1.82, 2.24) is 10.3 Å². The first-order valence-corrected chi connectivity index (χ1v) is 8.03. The van der Waals surface area contributed by atoms with E-state index >= 15 is 0 Å². The number of rotatable bonds is 2. The normalized spacial score (nSPS) is 22.8. The third-order valence-electron chi connectivity index (χ3n) is 4.36. The molecule has 1 aromatic carbocycles. The number of benzene rings is 1. The zero-order valence-electron chi connectivity index (χ0n) is 10.9. The number of nitrogens with one attached hydrogen (secondary N) is 1. The van der Waals surface area contributed by atoms with E-state index in [2.05, 4.69) is 35.0 Å². The van der Waals surface area contributed by atoms with E-state index in [4.69, 9.17) is 4.98 Å². The van der Waals surface area contributed by atoms with Crippen molar-refractivity contribution in [3.05, 3.63) is 51.5 Å². The molecule has 19 heavy (non-hydrogen) atoms. The van der Waals surface area contributed by atoms with Gasteiger partial charge >= 0.3 is 0 Å². The number of hydrogen-bond donors (Lipinski definition) is 1. The Hall–Kier alpha value is -1.19. The number of aromatic nitrogens is 1. The predicted octanol–water partition coefficient (Wildman–Crippen LogP) is 3.45. The van der Waals surface area contributed by atoms with Crippen LogP contribution in [0.25, 0.3) is 0 Å². The molecule has 2 aliphatic rings. The van der Waals surface area contributed by atoms with E-state index in [9.17, 15) is 0 Å². The predicted molar refractivity (Wildman–Crippen MR) is 78.7 cm³/mol. The van der Waals surface area contributed by atoms with E-state index in [0.717, 1.165) is 6.54 Å². The molecular formula is C16H18N2S. The molecule has 2 aromatic rings. The number of thiazole rings is 1. The maximum absolute atomic E-state index is 4.91. The van der Waals surface area contributed by atoms with Gasteiger partial charge in [0.15, 0.2) is 0 Å². The molecule has 3 heteroatoms. The Labute approximate surface area is 117 Å². The molecule has 0 bridgehead atoms. The Morgan fingerprint density at radius 3 is 2.63 bits per heavy atom. The summed E-state index contributed by atoms with van der Waals surface area (Å²) < 4.78 is 0. The van der Waals surface area contributed by atoms with E-state index < -0.39 is 0 Å². The van der Waals surface area contributed by atoms with Gasteiger partial charge in [-0.05, 0) is 43.4 Å². The van der Waals surface area contributed by atoms with E-state index in [1.807, 2.05) is 11.3 Å². The largest absolute Gasteiger partial charge is 0.309 e. The van der Waals surface area contributed by atoms with Crippen molar-refractivity contribution in [2.45, 2.75) is 37.6 Å². The second-order valence-corrected chi connectivity index (χ2v) is 6.52. The lowest BCUT2D eigenvalue weighted by Gasteiger charge is -2.07.